The standard InChI is InChI=1S/C14H16F3NO2/c1-18(11-14(15,16)17)7-9-20-13-6-2-4-12(10-13)5-3-8-19/h2,4,6,10,19H,7-9,11H2,1H3. The maximum atomic E-state index is 12.1. The summed E-state index contributed by atoms with van der Waals surface area (Å²) in [5.74, 6) is 5.77. The Labute approximate surface area is 116 Å². The molecule has 6 heteroatoms. The number of aliphatic hydroxyl groups excluding tert-OH is 1. The molecule has 110 valence electrons. The number of hydrogen-bond acceptors (Lipinski definition) is 3. The number of ether oxygens (including phenoxy) is 1. The van der Waals surface area contributed by atoms with Gasteiger partial charge in [-0.1, -0.05) is 17.9 Å². The second kappa shape index (κ2) is 7.78. The molecule has 0 heterocycles. The van der Waals surface area contributed by atoms with E-state index < -0.39 is 12.7 Å². The zero-order chi connectivity index (χ0) is 15.0. The van der Waals surface area contributed by atoms with Gasteiger partial charge in [-0.3, -0.25) is 4.90 Å². The largest absolute Gasteiger partial charge is 0.492 e. The van der Waals surface area contributed by atoms with Crippen LogP contribution in [0.3, 0.4) is 0 Å². The summed E-state index contributed by atoms with van der Waals surface area (Å²) in [6.45, 7) is -0.860. The van der Waals surface area contributed by atoms with Crippen LogP contribution in [0.25, 0.3) is 0 Å². The Morgan fingerprint density at radius 2 is 2.10 bits per heavy atom. The van der Waals surface area contributed by atoms with Crippen LogP contribution in [0.5, 0.6) is 5.75 Å². The maximum Gasteiger partial charge on any atom is 0.401 e. The minimum Gasteiger partial charge on any atom is -0.492 e. The number of halogens is 3. The quantitative estimate of drug-likeness (QED) is 0.840. The normalized spacial score (nSPS) is 11.1. The average Bonchev–Trinajstić information content (AvgIpc) is 2.34. The molecule has 1 aromatic rings. The van der Waals surface area contributed by atoms with Crippen LogP contribution < -0.4 is 4.74 Å². The molecule has 0 aliphatic heterocycles. The molecule has 3 nitrogen and oxygen atoms in total. The van der Waals surface area contributed by atoms with Gasteiger partial charge in [-0.25, -0.2) is 0 Å². The van der Waals surface area contributed by atoms with Crippen LogP contribution >= 0.6 is 0 Å². The Bertz CT molecular complexity index is 477. The highest BCUT2D eigenvalue weighted by molar-refractivity contribution is 5.39. The van der Waals surface area contributed by atoms with Crippen molar-refractivity contribution in [1.82, 2.24) is 4.90 Å². The van der Waals surface area contributed by atoms with Crippen molar-refractivity contribution in [2.24, 2.45) is 0 Å². The van der Waals surface area contributed by atoms with Gasteiger partial charge >= 0.3 is 6.18 Å². The van der Waals surface area contributed by atoms with Crippen molar-refractivity contribution in [2.75, 3.05) is 33.4 Å². The van der Waals surface area contributed by atoms with E-state index in [-0.39, 0.29) is 19.8 Å². The molecule has 0 aromatic heterocycles. The fraction of sp³-hybridized carbons (Fsp3) is 0.429. The third kappa shape index (κ3) is 7.02. The Balaban J connectivity index is 2.42. The molecule has 1 aromatic carbocycles. The molecular weight excluding hydrogens is 271 g/mol. The van der Waals surface area contributed by atoms with E-state index in [4.69, 9.17) is 9.84 Å². The Morgan fingerprint density at radius 3 is 2.75 bits per heavy atom. The molecule has 20 heavy (non-hydrogen) atoms. The molecule has 0 radical (unpaired) electrons. The summed E-state index contributed by atoms with van der Waals surface area (Å²) in [7, 11) is 1.39. The van der Waals surface area contributed by atoms with Gasteiger partial charge in [-0.2, -0.15) is 13.2 Å². The summed E-state index contributed by atoms with van der Waals surface area (Å²) in [6.07, 6.45) is -4.20. The summed E-state index contributed by atoms with van der Waals surface area (Å²) < 4.78 is 41.7. The average molecular weight is 287 g/mol. The van der Waals surface area contributed by atoms with Crippen LogP contribution in [0.4, 0.5) is 13.2 Å². The number of alkyl halides is 3. The van der Waals surface area contributed by atoms with Crippen LogP contribution in [0.2, 0.25) is 0 Å². The zero-order valence-corrected chi connectivity index (χ0v) is 11.1. The number of hydrogen-bond donors (Lipinski definition) is 1. The lowest BCUT2D eigenvalue weighted by Crippen LogP contribution is -2.33. The first-order valence-electron chi connectivity index (χ1n) is 5.98. The highest BCUT2D eigenvalue weighted by Gasteiger charge is 2.28. The molecule has 0 spiro atoms. The van der Waals surface area contributed by atoms with E-state index in [1.807, 2.05) is 0 Å². The van der Waals surface area contributed by atoms with Gasteiger partial charge < -0.3 is 9.84 Å². The van der Waals surface area contributed by atoms with Gasteiger partial charge in [0.15, 0.2) is 0 Å². The zero-order valence-electron chi connectivity index (χ0n) is 11.1. The van der Waals surface area contributed by atoms with Gasteiger partial charge in [0.05, 0.1) is 6.54 Å². The molecule has 1 N–H and O–H groups in total. The summed E-state index contributed by atoms with van der Waals surface area (Å²) in [5, 5.41) is 8.59. The molecule has 0 aliphatic rings. The Hall–Kier alpha value is -1.71. The predicted molar refractivity (Wildman–Crippen MR) is 69.5 cm³/mol. The molecular formula is C14H16F3NO2. The van der Waals surface area contributed by atoms with Crippen LogP contribution in [0.15, 0.2) is 24.3 Å². The molecule has 0 amide bonds. The summed E-state index contributed by atoms with van der Waals surface area (Å²) in [5.41, 5.74) is 0.681. The van der Waals surface area contributed by atoms with Gasteiger partial charge in [-0.05, 0) is 25.2 Å². The van der Waals surface area contributed by atoms with Crippen LogP contribution in [-0.2, 0) is 0 Å². The fourth-order valence-electron chi connectivity index (χ4n) is 1.51. The molecule has 0 atom stereocenters. The first-order valence-corrected chi connectivity index (χ1v) is 5.98. The molecule has 0 fully saturated rings. The van der Waals surface area contributed by atoms with Crippen molar-refractivity contribution in [2.45, 2.75) is 6.18 Å². The molecule has 1 rings (SSSR count). The number of benzene rings is 1. The van der Waals surface area contributed by atoms with Crippen molar-refractivity contribution >= 4 is 0 Å². The number of likely N-dealkylation sites (N-methyl/N-ethyl adjacent to an activating group) is 1. The molecule has 0 bridgehead atoms. The van der Waals surface area contributed by atoms with Crippen LogP contribution in [0, 0.1) is 11.8 Å². The number of rotatable bonds is 5. The van der Waals surface area contributed by atoms with Crippen LogP contribution in [-0.4, -0.2) is 49.5 Å². The van der Waals surface area contributed by atoms with Crippen molar-refractivity contribution in [3.05, 3.63) is 29.8 Å². The van der Waals surface area contributed by atoms with Crippen molar-refractivity contribution < 1.29 is 23.0 Å². The summed E-state index contributed by atoms with van der Waals surface area (Å²) >= 11 is 0. The third-order valence-corrected chi connectivity index (χ3v) is 2.34. The smallest absolute Gasteiger partial charge is 0.401 e. The van der Waals surface area contributed by atoms with Gasteiger partial charge in [0.1, 0.15) is 19.0 Å². The SMILES string of the molecule is CN(CCOc1cccc(C#CCO)c1)CC(F)(F)F. The Morgan fingerprint density at radius 1 is 1.35 bits per heavy atom. The Kier molecular flexibility index (Phi) is 6.36. The van der Waals surface area contributed by atoms with E-state index in [0.29, 0.717) is 11.3 Å². The third-order valence-electron chi connectivity index (χ3n) is 2.34. The van der Waals surface area contributed by atoms with Crippen molar-refractivity contribution in [1.29, 1.82) is 0 Å². The highest BCUT2D eigenvalue weighted by Crippen LogP contribution is 2.16. The highest BCUT2D eigenvalue weighted by atomic mass is 19.4. The second-order valence-corrected chi connectivity index (χ2v) is 4.19. The predicted octanol–water partition coefficient (Wildman–Crippen LogP) is 1.90. The van der Waals surface area contributed by atoms with E-state index in [0.717, 1.165) is 4.90 Å². The molecule has 0 saturated carbocycles. The minimum absolute atomic E-state index is 0.156. The lowest BCUT2D eigenvalue weighted by molar-refractivity contribution is -0.143. The lowest BCUT2D eigenvalue weighted by atomic mass is 10.2. The first kappa shape index (κ1) is 16.3. The van der Waals surface area contributed by atoms with Gasteiger partial charge in [-0.15, -0.1) is 0 Å². The van der Waals surface area contributed by atoms with E-state index in [2.05, 4.69) is 11.8 Å². The maximum absolute atomic E-state index is 12.1. The van der Waals surface area contributed by atoms with Crippen LogP contribution in [0.1, 0.15) is 5.56 Å². The van der Waals surface area contributed by atoms with Gasteiger partial charge in [0, 0.05) is 12.1 Å². The monoisotopic (exact) mass is 287 g/mol. The molecule has 0 unspecified atom stereocenters. The van der Waals surface area contributed by atoms with Crippen molar-refractivity contribution in [3.63, 3.8) is 0 Å². The fourth-order valence-corrected chi connectivity index (χ4v) is 1.51. The molecule has 0 aliphatic carbocycles. The number of aliphatic hydroxyl groups is 1. The minimum atomic E-state index is -4.20. The molecule has 0 saturated heterocycles. The second-order valence-electron chi connectivity index (χ2n) is 4.19. The first-order chi connectivity index (χ1) is 9.40. The van der Waals surface area contributed by atoms with E-state index in [1.165, 1.54) is 7.05 Å². The number of nitrogens with zero attached hydrogens (tertiary/aromatic N) is 1. The topological polar surface area (TPSA) is 32.7 Å². The summed E-state index contributed by atoms with van der Waals surface area (Å²) in [4.78, 5) is 1.15. The van der Waals surface area contributed by atoms with E-state index in [9.17, 15) is 13.2 Å². The van der Waals surface area contributed by atoms with Gasteiger partial charge in [0.2, 0.25) is 0 Å². The van der Waals surface area contributed by atoms with Crippen molar-refractivity contribution in [3.8, 4) is 17.6 Å². The summed E-state index contributed by atoms with van der Waals surface area (Å²) in [6, 6.07) is 6.86. The van der Waals surface area contributed by atoms with E-state index >= 15 is 0 Å². The lowest BCUT2D eigenvalue weighted by Gasteiger charge is -2.18. The van der Waals surface area contributed by atoms with Gasteiger partial charge in [0.25, 0.3) is 0 Å². The van der Waals surface area contributed by atoms with E-state index in [1.54, 1.807) is 24.3 Å².